The van der Waals surface area contributed by atoms with Crippen molar-refractivity contribution in [3.05, 3.63) is 51.9 Å². The topological polar surface area (TPSA) is 58.4 Å². The van der Waals surface area contributed by atoms with Crippen LogP contribution in [0.3, 0.4) is 0 Å². The molecule has 0 spiro atoms. The molecular weight excluding hydrogens is 453 g/mol. The number of carbonyl (C=O) groups is 1. The van der Waals surface area contributed by atoms with E-state index in [2.05, 4.69) is 4.98 Å². The van der Waals surface area contributed by atoms with Gasteiger partial charge in [-0.25, -0.2) is 4.98 Å². The summed E-state index contributed by atoms with van der Waals surface area (Å²) in [4.78, 5) is 34.1. The lowest BCUT2D eigenvalue weighted by atomic mass is 9.92. The fraction of sp³-hybridized carbons (Fsp3) is 0.522. The Bertz CT molecular complexity index is 1100. The van der Waals surface area contributed by atoms with Crippen molar-refractivity contribution in [2.24, 2.45) is 5.92 Å². The van der Waals surface area contributed by atoms with Crippen LogP contribution in [0.5, 0.6) is 0 Å². The van der Waals surface area contributed by atoms with Gasteiger partial charge in [0.05, 0.1) is 17.2 Å². The number of rotatable bonds is 2. The molecular formula is C23H27F3N4O2S. The van der Waals surface area contributed by atoms with Gasteiger partial charge in [0.25, 0.3) is 5.56 Å². The van der Waals surface area contributed by atoms with Crippen molar-refractivity contribution in [2.45, 2.75) is 44.1 Å². The summed E-state index contributed by atoms with van der Waals surface area (Å²) < 4.78 is 40.6. The zero-order valence-corrected chi connectivity index (χ0v) is 19.7. The Labute approximate surface area is 194 Å². The molecule has 1 fully saturated rings. The van der Waals surface area contributed by atoms with Gasteiger partial charge in [-0.1, -0.05) is 38.6 Å². The standard InChI is InChI=1S/C23H27F3N4O2S/c1-22(2,3)18-12-19(31)30-13-15(14-33-21(30)27-18)20(32)29-9-7-28(8-10-29)17-6-4-5-16(11-17)23(24,25)26/h4-6,11-12,15H,7-10,13-14H2,1-3H3. The number of carbonyl (C=O) groups excluding carboxylic acids is 1. The third kappa shape index (κ3) is 5.05. The van der Waals surface area contributed by atoms with Crippen LogP contribution in [-0.4, -0.2) is 52.3 Å². The normalized spacial score (nSPS) is 19.4. The number of nitrogens with zero attached hydrogens (tertiary/aromatic N) is 4. The number of amides is 1. The molecule has 1 aromatic heterocycles. The molecule has 3 heterocycles. The highest BCUT2D eigenvalue weighted by molar-refractivity contribution is 7.99. The number of fused-ring (bicyclic) bond motifs is 1. The predicted molar refractivity (Wildman–Crippen MR) is 122 cm³/mol. The summed E-state index contributed by atoms with van der Waals surface area (Å²) in [5.74, 6) is 0.193. The fourth-order valence-corrected chi connectivity index (χ4v) is 5.15. The zero-order valence-electron chi connectivity index (χ0n) is 18.9. The Morgan fingerprint density at radius 1 is 1.09 bits per heavy atom. The van der Waals surface area contributed by atoms with Crippen molar-refractivity contribution in [3.8, 4) is 0 Å². The third-order valence-corrected chi connectivity index (χ3v) is 7.18. The highest BCUT2D eigenvalue weighted by Gasteiger charge is 2.34. The van der Waals surface area contributed by atoms with E-state index >= 15 is 0 Å². The number of anilines is 1. The summed E-state index contributed by atoms with van der Waals surface area (Å²) in [6.45, 7) is 8.09. The van der Waals surface area contributed by atoms with E-state index in [0.29, 0.717) is 49.3 Å². The van der Waals surface area contributed by atoms with Crippen molar-refractivity contribution in [1.82, 2.24) is 14.5 Å². The third-order valence-electron chi connectivity index (χ3n) is 6.04. The van der Waals surface area contributed by atoms with Crippen LogP contribution < -0.4 is 10.5 Å². The van der Waals surface area contributed by atoms with Gasteiger partial charge in [-0.3, -0.25) is 14.2 Å². The van der Waals surface area contributed by atoms with Crippen LogP contribution in [0.4, 0.5) is 18.9 Å². The van der Waals surface area contributed by atoms with Crippen molar-refractivity contribution in [3.63, 3.8) is 0 Å². The minimum atomic E-state index is -4.39. The molecule has 2 aliphatic heterocycles. The van der Waals surface area contributed by atoms with Gasteiger partial charge in [0.1, 0.15) is 0 Å². The van der Waals surface area contributed by atoms with Crippen LogP contribution in [0.25, 0.3) is 0 Å². The maximum Gasteiger partial charge on any atom is 0.416 e. The molecule has 178 valence electrons. The largest absolute Gasteiger partial charge is 0.416 e. The summed E-state index contributed by atoms with van der Waals surface area (Å²) in [6, 6.07) is 6.82. The second kappa shape index (κ2) is 8.70. The van der Waals surface area contributed by atoms with E-state index in [1.807, 2.05) is 25.7 Å². The van der Waals surface area contributed by atoms with Gasteiger partial charge in [0.15, 0.2) is 5.16 Å². The predicted octanol–water partition coefficient (Wildman–Crippen LogP) is 3.63. The summed E-state index contributed by atoms with van der Waals surface area (Å²) >= 11 is 1.42. The number of aromatic nitrogens is 2. The highest BCUT2D eigenvalue weighted by Crippen LogP contribution is 2.32. The minimum absolute atomic E-state index is 0.0244. The Morgan fingerprint density at radius 2 is 1.79 bits per heavy atom. The van der Waals surface area contributed by atoms with E-state index < -0.39 is 11.7 Å². The van der Waals surface area contributed by atoms with E-state index in [-0.39, 0.29) is 22.8 Å². The number of piperazine rings is 1. The molecule has 1 saturated heterocycles. The maximum absolute atomic E-state index is 13.1. The summed E-state index contributed by atoms with van der Waals surface area (Å²) in [7, 11) is 0. The van der Waals surface area contributed by atoms with Crippen LogP contribution >= 0.6 is 11.8 Å². The van der Waals surface area contributed by atoms with Gasteiger partial charge in [-0.05, 0) is 18.2 Å². The van der Waals surface area contributed by atoms with Crippen molar-refractivity contribution < 1.29 is 18.0 Å². The van der Waals surface area contributed by atoms with E-state index in [4.69, 9.17) is 0 Å². The molecule has 2 aromatic rings. The fourth-order valence-electron chi connectivity index (χ4n) is 4.07. The van der Waals surface area contributed by atoms with Gasteiger partial charge < -0.3 is 9.80 Å². The van der Waals surface area contributed by atoms with Gasteiger partial charge >= 0.3 is 6.18 Å². The Kier molecular flexibility index (Phi) is 6.24. The van der Waals surface area contributed by atoms with Crippen molar-refractivity contribution in [2.75, 3.05) is 36.8 Å². The van der Waals surface area contributed by atoms with Gasteiger partial charge in [-0.2, -0.15) is 13.2 Å². The maximum atomic E-state index is 13.1. The molecule has 0 N–H and O–H groups in total. The molecule has 1 unspecified atom stereocenters. The number of benzene rings is 1. The van der Waals surface area contributed by atoms with Crippen molar-refractivity contribution >= 4 is 23.4 Å². The smallest absolute Gasteiger partial charge is 0.368 e. The highest BCUT2D eigenvalue weighted by atomic mass is 32.2. The lowest BCUT2D eigenvalue weighted by molar-refractivity contribution is -0.137. The summed E-state index contributed by atoms with van der Waals surface area (Å²) in [5.41, 5.74) is 0.184. The Morgan fingerprint density at radius 3 is 2.42 bits per heavy atom. The lowest BCUT2D eigenvalue weighted by Crippen LogP contribution is -2.52. The summed E-state index contributed by atoms with van der Waals surface area (Å²) in [5, 5.41) is 0.644. The second-order valence-electron chi connectivity index (χ2n) is 9.49. The average molecular weight is 481 g/mol. The number of alkyl halides is 3. The van der Waals surface area contributed by atoms with E-state index in [1.54, 1.807) is 21.6 Å². The molecule has 0 saturated carbocycles. The van der Waals surface area contributed by atoms with Crippen molar-refractivity contribution in [1.29, 1.82) is 0 Å². The first kappa shape index (κ1) is 23.7. The van der Waals surface area contributed by atoms with Crippen LogP contribution in [0.1, 0.15) is 32.0 Å². The second-order valence-corrected chi connectivity index (χ2v) is 10.5. The zero-order chi connectivity index (χ0) is 24.0. The first-order chi connectivity index (χ1) is 15.4. The number of hydrogen-bond acceptors (Lipinski definition) is 5. The van der Waals surface area contributed by atoms with E-state index in [1.165, 1.54) is 17.8 Å². The number of thioether (sulfide) groups is 1. The van der Waals surface area contributed by atoms with Crippen LogP contribution in [0.15, 0.2) is 40.3 Å². The molecule has 1 aromatic carbocycles. The van der Waals surface area contributed by atoms with E-state index in [9.17, 15) is 22.8 Å². The SMILES string of the molecule is CC(C)(C)c1cc(=O)n2c(n1)SCC(C(=O)N1CCN(c3cccc(C(F)(F)F)c3)CC1)C2. The first-order valence-corrected chi connectivity index (χ1v) is 11.9. The number of hydrogen-bond donors (Lipinski definition) is 0. The van der Waals surface area contributed by atoms with Gasteiger partial charge in [0, 0.05) is 55.6 Å². The molecule has 4 rings (SSSR count). The molecule has 6 nitrogen and oxygen atoms in total. The number of halogens is 3. The molecule has 0 aliphatic carbocycles. The molecule has 0 radical (unpaired) electrons. The van der Waals surface area contributed by atoms with Gasteiger partial charge in [-0.15, -0.1) is 0 Å². The average Bonchev–Trinajstić information content (AvgIpc) is 2.77. The van der Waals surface area contributed by atoms with Crippen LogP contribution in [0.2, 0.25) is 0 Å². The van der Waals surface area contributed by atoms with Gasteiger partial charge in [0.2, 0.25) is 5.91 Å². The molecule has 1 atom stereocenters. The Balaban J connectivity index is 1.41. The minimum Gasteiger partial charge on any atom is -0.368 e. The molecule has 2 aliphatic rings. The monoisotopic (exact) mass is 480 g/mol. The Hall–Kier alpha value is -2.49. The first-order valence-electron chi connectivity index (χ1n) is 10.9. The molecule has 0 bridgehead atoms. The van der Waals surface area contributed by atoms with Crippen LogP contribution in [0, 0.1) is 5.92 Å². The lowest BCUT2D eigenvalue weighted by Gasteiger charge is -2.38. The molecule has 1 amide bonds. The molecule has 10 heteroatoms. The van der Waals surface area contributed by atoms with E-state index in [0.717, 1.165) is 17.8 Å². The quantitative estimate of drug-likeness (QED) is 0.615. The molecule has 33 heavy (non-hydrogen) atoms. The van der Waals surface area contributed by atoms with Crippen LogP contribution in [-0.2, 0) is 22.9 Å². The summed E-state index contributed by atoms with van der Waals surface area (Å²) in [6.07, 6.45) is -4.39.